The van der Waals surface area contributed by atoms with E-state index in [1.807, 2.05) is 18.2 Å². The van der Waals surface area contributed by atoms with Crippen molar-refractivity contribution in [3.8, 4) is 0 Å². The van der Waals surface area contributed by atoms with Crippen molar-refractivity contribution in [3.05, 3.63) is 101 Å². The molecule has 35 heavy (non-hydrogen) atoms. The van der Waals surface area contributed by atoms with E-state index in [1.165, 1.54) is 22.2 Å². The number of benzene rings is 3. The standard InChI is InChI=1S/C31H37N3O/c1-24(2)27-19-16-26(17-20-27)23-34-29-14-9-8-13-28(29)33-30(34)15-7-4-10-22-32-31(35)21-18-25-11-5-3-6-12-25/h3,5-6,8-9,11-14,16-17,19-20,24H,4,7,10,15,18,21-23H2,1-2H3,(H,32,35). The average molecular weight is 468 g/mol. The number of nitrogens with zero attached hydrogens (tertiary/aromatic N) is 2. The first kappa shape index (κ1) is 24.7. The van der Waals surface area contributed by atoms with Crippen LogP contribution in [0.25, 0.3) is 11.0 Å². The summed E-state index contributed by atoms with van der Waals surface area (Å²) in [6.45, 7) is 6.04. The summed E-state index contributed by atoms with van der Waals surface area (Å²) in [6.07, 6.45) is 5.42. The van der Waals surface area contributed by atoms with Gasteiger partial charge in [0.15, 0.2) is 0 Å². The number of rotatable bonds is 12. The molecular weight excluding hydrogens is 430 g/mol. The zero-order chi connectivity index (χ0) is 24.5. The van der Waals surface area contributed by atoms with Gasteiger partial charge in [-0.25, -0.2) is 4.98 Å². The number of imidazole rings is 1. The van der Waals surface area contributed by atoms with Crippen LogP contribution in [0.3, 0.4) is 0 Å². The van der Waals surface area contributed by atoms with E-state index in [0.29, 0.717) is 12.3 Å². The number of amides is 1. The van der Waals surface area contributed by atoms with Gasteiger partial charge in [-0.3, -0.25) is 4.79 Å². The summed E-state index contributed by atoms with van der Waals surface area (Å²) in [5.41, 5.74) is 6.14. The maximum atomic E-state index is 12.1. The van der Waals surface area contributed by atoms with E-state index in [0.717, 1.165) is 56.5 Å². The van der Waals surface area contributed by atoms with Crippen LogP contribution < -0.4 is 5.32 Å². The van der Waals surface area contributed by atoms with Crippen molar-refractivity contribution in [1.82, 2.24) is 14.9 Å². The number of para-hydroxylation sites is 2. The second-order valence-corrected chi connectivity index (χ2v) is 9.65. The Labute approximate surface area is 209 Å². The van der Waals surface area contributed by atoms with Crippen LogP contribution >= 0.6 is 0 Å². The van der Waals surface area contributed by atoms with E-state index >= 15 is 0 Å². The van der Waals surface area contributed by atoms with Crippen LogP contribution in [0, 0.1) is 0 Å². The van der Waals surface area contributed by atoms with Crippen molar-refractivity contribution in [2.75, 3.05) is 6.54 Å². The maximum Gasteiger partial charge on any atom is 0.220 e. The molecule has 0 aliphatic heterocycles. The molecule has 0 radical (unpaired) electrons. The fourth-order valence-corrected chi connectivity index (χ4v) is 4.49. The SMILES string of the molecule is CC(C)c1ccc(Cn2c(CCCCCNC(=O)CCc3ccccc3)nc3ccccc32)cc1. The van der Waals surface area contributed by atoms with Crippen molar-refractivity contribution in [2.45, 2.75) is 64.8 Å². The molecule has 3 aromatic carbocycles. The number of hydrogen-bond acceptors (Lipinski definition) is 2. The van der Waals surface area contributed by atoms with Crippen molar-refractivity contribution < 1.29 is 4.79 Å². The van der Waals surface area contributed by atoms with E-state index in [2.05, 4.69) is 84.4 Å². The van der Waals surface area contributed by atoms with E-state index in [1.54, 1.807) is 0 Å². The predicted molar refractivity (Wildman–Crippen MR) is 145 cm³/mol. The van der Waals surface area contributed by atoms with E-state index in [4.69, 9.17) is 4.98 Å². The molecule has 4 heteroatoms. The summed E-state index contributed by atoms with van der Waals surface area (Å²) in [5.74, 6) is 1.83. The third-order valence-electron chi connectivity index (χ3n) is 6.60. The molecule has 1 aromatic heterocycles. The first-order valence-electron chi connectivity index (χ1n) is 12.9. The highest BCUT2D eigenvalue weighted by molar-refractivity contribution is 5.76. The first-order chi connectivity index (χ1) is 17.1. The van der Waals surface area contributed by atoms with Gasteiger partial charge < -0.3 is 9.88 Å². The van der Waals surface area contributed by atoms with Crippen LogP contribution in [0.5, 0.6) is 0 Å². The predicted octanol–water partition coefficient (Wildman–Crippen LogP) is 6.67. The molecule has 0 aliphatic carbocycles. The van der Waals surface area contributed by atoms with Gasteiger partial charge >= 0.3 is 0 Å². The van der Waals surface area contributed by atoms with E-state index in [9.17, 15) is 4.79 Å². The molecule has 0 fully saturated rings. The van der Waals surface area contributed by atoms with Crippen LogP contribution in [0.15, 0.2) is 78.9 Å². The fraction of sp³-hybridized carbons (Fsp3) is 0.355. The quantitative estimate of drug-likeness (QED) is 0.237. The number of carbonyl (C=O) groups is 1. The van der Waals surface area contributed by atoms with Crippen molar-refractivity contribution in [1.29, 1.82) is 0 Å². The minimum Gasteiger partial charge on any atom is -0.356 e. The van der Waals surface area contributed by atoms with Gasteiger partial charge in [-0.15, -0.1) is 0 Å². The summed E-state index contributed by atoms with van der Waals surface area (Å²) in [4.78, 5) is 17.1. The molecular formula is C31H37N3O. The minimum atomic E-state index is 0.138. The Morgan fingerprint density at radius 3 is 2.34 bits per heavy atom. The lowest BCUT2D eigenvalue weighted by Gasteiger charge is -2.11. The van der Waals surface area contributed by atoms with Gasteiger partial charge in [-0.1, -0.05) is 87.0 Å². The van der Waals surface area contributed by atoms with Gasteiger partial charge in [0.25, 0.3) is 0 Å². The molecule has 0 atom stereocenters. The average Bonchev–Trinajstić information content (AvgIpc) is 3.23. The van der Waals surface area contributed by atoms with Crippen LogP contribution in [0.1, 0.15) is 68.0 Å². The zero-order valence-corrected chi connectivity index (χ0v) is 21.0. The minimum absolute atomic E-state index is 0.138. The summed E-state index contributed by atoms with van der Waals surface area (Å²) in [5, 5.41) is 3.07. The molecule has 1 N–H and O–H groups in total. The van der Waals surface area contributed by atoms with Gasteiger partial charge in [-0.2, -0.15) is 0 Å². The number of fused-ring (bicyclic) bond motifs is 1. The van der Waals surface area contributed by atoms with Gasteiger partial charge in [0.2, 0.25) is 5.91 Å². The lowest BCUT2D eigenvalue weighted by atomic mass is 10.0. The van der Waals surface area contributed by atoms with Crippen LogP contribution in [-0.2, 0) is 24.2 Å². The fourth-order valence-electron chi connectivity index (χ4n) is 4.49. The summed E-state index contributed by atoms with van der Waals surface area (Å²) in [6, 6.07) is 27.6. The number of aromatic nitrogens is 2. The number of unbranched alkanes of at least 4 members (excludes halogenated alkanes) is 2. The largest absolute Gasteiger partial charge is 0.356 e. The topological polar surface area (TPSA) is 46.9 Å². The number of nitrogens with one attached hydrogen (secondary N) is 1. The summed E-state index contributed by atoms with van der Waals surface area (Å²) >= 11 is 0. The molecule has 0 saturated heterocycles. The molecule has 0 unspecified atom stereocenters. The molecule has 0 saturated carbocycles. The summed E-state index contributed by atoms with van der Waals surface area (Å²) in [7, 11) is 0. The molecule has 0 aliphatic rings. The molecule has 1 heterocycles. The molecule has 4 rings (SSSR count). The smallest absolute Gasteiger partial charge is 0.220 e. The maximum absolute atomic E-state index is 12.1. The van der Waals surface area contributed by atoms with Crippen LogP contribution in [0.2, 0.25) is 0 Å². The third kappa shape index (κ3) is 7.05. The van der Waals surface area contributed by atoms with Gasteiger partial charge in [-0.05, 0) is 54.0 Å². The van der Waals surface area contributed by atoms with Gasteiger partial charge in [0.05, 0.1) is 11.0 Å². The number of carbonyl (C=O) groups excluding carboxylic acids is 1. The Morgan fingerprint density at radius 1 is 0.829 bits per heavy atom. The lowest BCUT2D eigenvalue weighted by Crippen LogP contribution is -2.24. The molecule has 1 amide bonds. The molecule has 182 valence electrons. The Kier molecular flexibility index (Phi) is 8.72. The normalized spacial score (nSPS) is 11.3. The molecule has 4 nitrogen and oxygen atoms in total. The number of hydrogen-bond donors (Lipinski definition) is 1. The van der Waals surface area contributed by atoms with Crippen LogP contribution in [-0.4, -0.2) is 22.0 Å². The highest BCUT2D eigenvalue weighted by atomic mass is 16.1. The van der Waals surface area contributed by atoms with Crippen molar-refractivity contribution >= 4 is 16.9 Å². The van der Waals surface area contributed by atoms with Gasteiger partial charge in [0, 0.05) is 25.9 Å². The molecule has 0 spiro atoms. The lowest BCUT2D eigenvalue weighted by molar-refractivity contribution is -0.121. The monoisotopic (exact) mass is 467 g/mol. The number of aryl methyl sites for hydroxylation is 2. The van der Waals surface area contributed by atoms with Crippen LogP contribution in [0.4, 0.5) is 0 Å². The Bertz CT molecular complexity index is 1210. The van der Waals surface area contributed by atoms with E-state index in [-0.39, 0.29) is 5.91 Å². The zero-order valence-electron chi connectivity index (χ0n) is 21.0. The third-order valence-corrected chi connectivity index (χ3v) is 6.60. The summed E-state index contributed by atoms with van der Waals surface area (Å²) < 4.78 is 2.37. The second kappa shape index (κ2) is 12.3. The highest BCUT2D eigenvalue weighted by Gasteiger charge is 2.11. The van der Waals surface area contributed by atoms with Crippen molar-refractivity contribution in [2.24, 2.45) is 0 Å². The highest BCUT2D eigenvalue weighted by Crippen LogP contribution is 2.21. The Balaban J connectivity index is 1.26. The molecule has 4 aromatic rings. The van der Waals surface area contributed by atoms with E-state index < -0.39 is 0 Å². The van der Waals surface area contributed by atoms with Crippen molar-refractivity contribution in [3.63, 3.8) is 0 Å². The molecule has 0 bridgehead atoms. The van der Waals surface area contributed by atoms with Gasteiger partial charge in [0.1, 0.15) is 5.82 Å². The Hall–Kier alpha value is -3.40. The Morgan fingerprint density at radius 2 is 1.57 bits per heavy atom. The second-order valence-electron chi connectivity index (χ2n) is 9.65. The first-order valence-corrected chi connectivity index (χ1v) is 12.9.